The van der Waals surface area contributed by atoms with Crippen LogP contribution in [0.2, 0.25) is 0 Å². The average Bonchev–Trinajstić information content (AvgIpc) is 2.42. The van der Waals surface area contributed by atoms with Crippen molar-refractivity contribution in [2.24, 2.45) is 0 Å². The standard InChI is InChI=1S/C15H21NO3/c1-15(18,10-11-19-2)12-16-14(17)9-8-13-6-4-3-5-7-13/h3-9,18H,10-12H2,1-2H3,(H,16,17)/b9-8+. The van der Waals surface area contributed by atoms with Gasteiger partial charge in [-0.2, -0.15) is 0 Å². The molecule has 2 N–H and O–H groups in total. The van der Waals surface area contributed by atoms with Crippen LogP contribution in [0, 0.1) is 0 Å². The summed E-state index contributed by atoms with van der Waals surface area (Å²) in [6.45, 7) is 2.34. The van der Waals surface area contributed by atoms with Crippen LogP contribution in [-0.4, -0.2) is 36.9 Å². The third-order valence-electron chi connectivity index (χ3n) is 2.71. The Bertz CT molecular complexity index is 413. The van der Waals surface area contributed by atoms with Crippen molar-refractivity contribution in [3.63, 3.8) is 0 Å². The van der Waals surface area contributed by atoms with Crippen LogP contribution < -0.4 is 5.32 Å². The first-order chi connectivity index (χ1) is 9.03. The Morgan fingerprint density at radius 3 is 2.74 bits per heavy atom. The molecular weight excluding hydrogens is 242 g/mol. The van der Waals surface area contributed by atoms with Gasteiger partial charge in [-0.25, -0.2) is 0 Å². The molecule has 0 saturated carbocycles. The van der Waals surface area contributed by atoms with Gasteiger partial charge >= 0.3 is 0 Å². The maximum Gasteiger partial charge on any atom is 0.244 e. The number of aliphatic hydroxyl groups is 1. The molecule has 1 rings (SSSR count). The summed E-state index contributed by atoms with van der Waals surface area (Å²) < 4.78 is 4.90. The van der Waals surface area contributed by atoms with E-state index in [9.17, 15) is 9.90 Å². The fraction of sp³-hybridized carbons (Fsp3) is 0.400. The monoisotopic (exact) mass is 263 g/mol. The van der Waals surface area contributed by atoms with Gasteiger partial charge in [0.2, 0.25) is 5.91 Å². The van der Waals surface area contributed by atoms with Gasteiger partial charge in [0.25, 0.3) is 0 Å². The van der Waals surface area contributed by atoms with Gasteiger partial charge < -0.3 is 15.2 Å². The second-order valence-corrected chi connectivity index (χ2v) is 4.70. The zero-order valence-corrected chi connectivity index (χ0v) is 11.4. The van der Waals surface area contributed by atoms with Crippen molar-refractivity contribution in [1.29, 1.82) is 0 Å². The van der Waals surface area contributed by atoms with Crippen LogP contribution in [0.5, 0.6) is 0 Å². The Labute approximate surface area is 114 Å². The van der Waals surface area contributed by atoms with Gasteiger partial charge in [0.1, 0.15) is 0 Å². The lowest BCUT2D eigenvalue weighted by molar-refractivity contribution is -0.117. The summed E-state index contributed by atoms with van der Waals surface area (Å²) in [5, 5.41) is 12.6. The van der Waals surface area contributed by atoms with Crippen LogP contribution in [0.1, 0.15) is 18.9 Å². The number of carbonyl (C=O) groups excluding carboxylic acids is 1. The lowest BCUT2D eigenvalue weighted by Crippen LogP contribution is -2.40. The lowest BCUT2D eigenvalue weighted by Gasteiger charge is -2.22. The third kappa shape index (κ3) is 6.74. The number of carbonyl (C=O) groups is 1. The van der Waals surface area contributed by atoms with Gasteiger partial charge in [0, 0.05) is 32.8 Å². The fourth-order valence-corrected chi connectivity index (χ4v) is 1.48. The summed E-state index contributed by atoms with van der Waals surface area (Å²) in [5.74, 6) is -0.221. The molecule has 0 aromatic heterocycles. The SMILES string of the molecule is COCCC(C)(O)CNC(=O)/C=C/c1ccccc1. The molecule has 0 fully saturated rings. The van der Waals surface area contributed by atoms with Crippen molar-refractivity contribution in [3.8, 4) is 0 Å². The van der Waals surface area contributed by atoms with Crippen LogP contribution in [0.3, 0.4) is 0 Å². The molecule has 0 saturated heterocycles. The average molecular weight is 263 g/mol. The predicted octanol–water partition coefficient (Wildman–Crippen LogP) is 1.60. The van der Waals surface area contributed by atoms with Gasteiger partial charge in [-0.05, 0) is 18.6 Å². The van der Waals surface area contributed by atoms with Gasteiger partial charge in [-0.1, -0.05) is 30.3 Å². The maximum atomic E-state index is 11.6. The minimum absolute atomic E-state index is 0.203. The molecule has 0 radical (unpaired) electrons. The zero-order chi connectivity index (χ0) is 14.1. The van der Waals surface area contributed by atoms with Crippen molar-refractivity contribution in [1.82, 2.24) is 5.32 Å². The van der Waals surface area contributed by atoms with Gasteiger partial charge in [-0.3, -0.25) is 4.79 Å². The Balaban J connectivity index is 2.37. The summed E-state index contributed by atoms with van der Waals surface area (Å²) in [5.41, 5.74) is 0.00972. The highest BCUT2D eigenvalue weighted by Crippen LogP contribution is 2.07. The molecule has 19 heavy (non-hydrogen) atoms. The Kier molecular flexibility index (Phi) is 6.25. The number of hydrogen-bond acceptors (Lipinski definition) is 3. The van der Waals surface area contributed by atoms with Crippen molar-refractivity contribution >= 4 is 12.0 Å². The Morgan fingerprint density at radius 2 is 2.11 bits per heavy atom. The predicted molar refractivity (Wildman–Crippen MR) is 75.6 cm³/mol. The highest BCUT2D eigenvalue weighted by molar-refractivity contribution is 5.91. The van der Waals surface area contributed by atoms with Crippen molar-refractivity contribution in [3.05, 3.63) is 42.0 Å². The van der Waals surface area contributed by atoms with Crippen molar-refractivity contribution < 1.29 is 14.6 Å². The summed E-state index contributed by atoms with van der Waals surface area (Å²) in [6.07, 6.45) is 3.67. The van der Waals surface area contributed by atoms with Crippen LogP contribution in [-0.2, 0) is 9.53 Å². The molecule has 1 amide bonds. The van der Waals surface area contributed by atoms with Crippen LogP contribution in [0.4, 0.5) is 0 Å². The molecule has 4 heteroatoms. The molecule has 0 aliphatic rings. The molecule has 1 aromatic rings. The highest BCUT2D eigenvalue weighted by atomic mass is 16.5. The molecule has 1 atom stereocenters. The van der Waals surface area contributed by atoms with Crippen molar-refractivity contribution in [2.75, 3.05) is 20.3 Å². The minimum Gasteiger partial charge on any atom is -0.388 e. The number of rotatable bonds is 7. The number of methoxy groups -OCH3 is 1. The fourth-order valence-electron chi connectivity index (χ4n) is 1.48. The van der Waals surface area contributed by atoms with E-state index in [0.29, 0.717) is 13.0 Å². The van der Waals surface area contributed by atoms with E-state index in [-0.39, 0.29) is 12.5 Å². The minimum atomic E-state index is -0.952. The van der Waals surface area contributed by atoms with E-state index in [1.165, 1.54) is 6.08 Å². The topological polar surface area (TPSA) is 58.6 Å². The molecule has 4 nitrogen and oxygen atoms in total. The van der Waals surface area contributed by atoms with Gasteiger partial charge in [-0.15, -0.1) is 0 Å². The second-order valence-electron chi connectivity index (χ2n) is 4.70. The summed E-state index contributed by atoms with van der Waals surface area (Å²) in [4.78, 5) is 11.6. The van der Waals surface area contributed by atoms with Gasteiger partial charge in [0.15, 0.2) is 0 Å². The number of ether oxygens (including phenoxy) is 1. The van der Waals surface area contributed by atoms with E-state index in [2.05, 4.69) is 5.32 Å². The summed E-state index contributed by atoms with van der Waals surface area (Å²) in [7, 11) is 1.58. The summed E-state index contributed by atoms with van der Waals surface area (Å²) in [6, 6.07) is 9.57. The van der Waals surface area contributed by atoms with Crippen LogP contribution in [0.25, 0.3) is 6.08 Å². The van der Waals surface area contributed by atoms with E-state index < -0.39 is 5.60 Å². The molecule has 0 aliphatic carbocycles. The largest absolute Gasteiger partial charge is 0.388 e. The third-order valence-corrected chi connectivity index (χ3v) is 2.71. The van der Waals surface area contributed by atoms with E-state index in [1.54, 1.807) is 20.1 Å². The van der Waals surface area contributed by atoms with E-state index >= 15 is 0 Å². The number of hydrogen-bond donors (Lipinski definition) is 2. The number of benzene rings is 1. The molecular formula is C15H21NO3. The maximum absolute atomic E-state index is 11.6. The van der Waals surface area contributed by atoms with Crippen LogP contribution in [0.15, 0.2) is 36.4 Å². The lowest BCUT2D eigenvalue weighted by atomic mass is 10.0. The molecule has 1 unspecified atom stereocenters. The molecule has 0 bridgehead atoms. The quantitative estimate of drug-likeness (QED) is 0.735. The molecule has 0 heterocycles. The first-order valence-electron chi connectivity index (χ1n) is 6.26. The number of nitrogens with one attached hydrogen (secondary N) is 1. The Hall–Kier alpha value is -1.65. The van der Waals surface area contributed by atoms with Crippen LogP contribution >= 0.6 is 0 Å². The molecule has 1 aromatic carbocycles. The smallest absolute Gasteiger partial charge is 0.244 e. The van der Waals surface area contributed by atoms with Crippen molar-refractivity contribution in [2.45, 2.75) is 18.9 Å². The van der Waals surface area contributed by atoms with E-state index in [1.807, 2.05) is 30.3 Å². The molecule has 0 spiro atoms. The first kappa shape index (κ1) is 15.4. The number of amides is 1. The normalized spacial score (nSPS) is 14.3. The van der Waals surface area contributed by atoms with Gasteiger partial charge in [0.05, 0.1) is 5.60 Å². The molecule has 104 valence electrons. The first-order valence-corrected chi connectivity index (χ1v) is 6.26. The zero-order valence-electron chi connectivity index (χ0n) is 11.4. The van der Waals surface area contributed by atoms with E-state index in [0.717, 1.165) is 5.56 Å². The Morgan fingerprint density at radius 1 is 1.42 bits per heavy atom. The summed E-state index contributed by atoms with van der Waals surface area (Å²) >= 11 is 0. The van der Waals surface area contributed by atoms with E-state index in [4.69, 9.17) is 4.74 Å². The molecule has 0 aliphatic heterocycles. The highest BCUT2D eigenvalue weighted by Gasteiger charge is 2.20. The second kappa shape index (κ2) is 7.71.